The molecule has 7 nitrogen and oxygen atoms in total. The van der Waals surface area contributed by atoms with Gasteiger partial charge in [-0.25, -0.2) is 4.79 Å². The molecular formula is C29H37N3O4. The molecule has 0 aromatic heterocycles. The normalized spacial score (nSPS) is 22.0. The number of rotatable bonds is 4. The van der Waals surface area contributed by atoms with E-state index in [0.717, 1.165) is 60.6 Å². The molecule has 0 bridgehead atoms. The zero-order valence-electron chi connectivity index (χ0n) is 22.0. The molecule has 2 amide bonds. The van der Waals surface area contributed by atoms with E-state index in [9.17, 15) is 9.59 Å². The van der Waals surface area contributed by atoms with E-state index in [-0.39, 0.29) is 23.6 Å². The molecule has 0 spiro atoms. The summed E-state index contributed by atoms with van der Waals surface area (Å²) in [6.07, 6.45) is 2.25. The maximum Gasteiger partial charge on any atom is 0.414 e. The lowest BCUT2D eigenvalue weighted by Gasteiger charge is -2.47. The van der Waals surface area contributed by atoms with Gasteiger partial charge in [-0.2, -0.15) is 0 Å². The van der Waals surface area contributed by atoms with Gasteiger partial charge < -0.3 is 14.4 Å². The number of nitrogens with zero attached hydrogens (tertiary/aromatic N) is 3. The fraction of sp³-hybridized carbons (Fsp3) is 0.517. The number of ether oxygens (including phenoxy) is 2. The predicted octanol–water partition coefficient (Wildman–Crippen LogP) is 5.24. The third kappa shape index (κ3) is 4.45. The van der Waals surface area contributed by atoms with Crippen LogP contribution in [0.25, 0.3) is 0 Å². The first-order valence-electron chi connectivity index (χ1n) is 13.0. The van der Waals surface area contributed by atoms with Crippen molar-refractivity contribution >= 4 is 23.4 Å². The monoisotopic (exact) mass is 491 g/mol. The minimum atomic E-state index is -0.268. The number of hydrogen-bond donors (Lipinski definition) is 0. The quantitative estimate of drug-likeness (QED) is 0.585. The van der Waals surface area contributed by atoms with Gasteiger partial charge in [0.15, 0.2) is 0 Å². The number of carbonyl (C=O) groups excluding carboxylic acids is 2. The lowest BCUT2D eigenvalue weighted by Crippen LogP contribution is -2.56. The Morgan fingerprint density at radius 1 is 1.11 bits per heavy atom. The summed E-state index contributed by atoms with van der Waals surface area (Å²) in [4.78, 5) is 32.4. The number of cyclic esters (lactones) is 1. The Bertz CT molecular complexity index is 1170. The molecule has 5 rings (SSSR count). The number of amides is 2. The third-order valence-corrected chi connectivity index (χ3v) is 7.99. The second-order valence-corrected chi connectivity index (χ2v) is 11.1. The average molecular weight is 492 g/mol. The van der Waals surface area contributed by atoms with Crippen LogP contribution >= 0.6 is 0 Å². The number of anilines is 2. The van der Waals surface area contributed by atoms with Gasteiger partial charge in [0.2, 0.25) is 5.91 Å². The molecule has 0 N–H and O–H groups in total. The summed E-state index contributed by atoms with van der Waals surface area (Å²) < 4.78 is 10.9. The zero-order chi connectivity index (χ0) is 25.6. The van der Waals surface area contributed by atoms with Gasteiger partial charge in [-0.15, -0.1) is 0 Å². The van der Waals surface area contributed by atoms with Gasteiger partial charge in [0.05, 0.1) is 19.3 Å². The fourth-order valence-corrected chi connectivity index (χ4v) is 6.32. The number of aryl methyl sites for hydroxylation is 1. The summed E-state index contributed by atoms with van der Waals surface area (Å²) >= 11 is 0. The Hall–Kier alpha value is -3.06. The second kappa shape index (κ2) is 9.43. The van der Waals surface area contributed by atoms with Crippen LogP contribution in [0.2, 0.25) is 0 Å². The highest BCUT2D eigenvalue weighted by Crippen LogP contribution is 2.44. The molecule has 1 fully saturated rings. The van der Waals surface area contributed by atoms with Gasteiger partial charge in [0.25, 0.3) is 0 Å². The molecule has 3 heterocycles. The highest BCUT2D eigenvalue weighted by Gasteiger charge is 2.41. The van der Waals surface area contributed by atoms with Crippen LogP contribution in [0.4, 0.5) is 16.2 Å². The molecule has 7 heteroatoms. The molecule has 36 heavy (non-hydrogen) atoms. The van der Waals surface area contributed by atoms with Crippen molar-refractivity contribution in [2.45, 2.75) is 71.1 Å². The number of carbonyl (C=O) groups is 2. The van der Waals surface area contributed by atoms with Gasteiger partial charge in [0, 0.05) is 35.9 Å². The van der Waals surface area contributed by atoms with Gasteiger partial charge in [-0.1, -0.05) is 24.6 Å². The van der Waals surface area contributed by atoms with Crippen molar-refractivity contribution in [3.05, 3.63) is 53.1 Å². The Morgan fingerprint density at radius 3 is 2.56 bits per heavy atom. The highest BCUT2D eigenvalue weighted by atomic mass is 16.6. The van der Waals surface area contributed by atoms with E-state index in [1.165, 1.54) is 5.56 Å². The van der Waals surface area contributed by atoms with Crippen LogP contribution in [-0.2, 0) is 16.1 Å². The standard InChI is InChI=1S/C29H37N3O4/c1-19-6-8-25-21(14-19)18-36-28(34)31(25)22-10-12-30(13-11-22)17-27(33)32-26-9-7-23(35-5)15-24(26)20(2)16-29(32,3)4/h6-9,14-15,20,22H,10-13,16-18H2,1-5H3. The van der Waals surface area contributed by atoms with Crippen molar-refractivity contribution in [3.63, 3.8) is 0 Å². The van der Waals surface area contributed by atoms with Crippen LogP contribution in [0.3, 0.4) is 0 Å². The van der Waals surface area contributed by atoms with Crippen LogP contribution in [0.5, 0.6) is 5.75 Å². The van der Waals surface area contributed by atoms with Crippen molar-refractivity contribution in [1.29, 1.82) is 0 Å². The van der Waals surface area contributed by atoms with Crippen LogP contribution < -0.4 is 14.5 Å². The first-order valence-corrected chi connectivity index (χ1v) is 13.0. The molecular weight excluding hydrogens is 454 g/mol. The molecule has 3 aliphatic heterocycles. The summed E-state index contributed by atoms with van der Waals surface area (Å²) in [6.45, 7) is 10.8. The van der Waals surface area contributed by atoms with Crippen LogP contribution in [0, 0.1) is 6.92 Å². The first kappa shape index (κ1) is 24.6. The Labute approximate surface area is 214 Å². The SMILES string of the molecule is COc1ccc2c(c1)C(C)CC(C)(C)N2C(=O)CN1CCC(N2C(=O)OCc3cc(C)ccc32)CC1. The Kier molecular flexibility index (Phi) is 6.45. The fourth-order valence-electron chi connectivity index (χ4n) is 6.32. The molecule has 0 saturated carbocycles. The van der Waals surface area contributed by atoms with Gasteiger partial charge >= 0.3 is 6.09 Å². The minimum Gasteiger partial charge on any atom is -0.497 e. The van der Waals surface area contributed by atoms with E-state index in [0.29, 0.717) is 19.1 Å². The number of benzene rings is 2. The van der Waals surface area contributed by atoms with Crippen molar-refractivity contribution in [3.8, 4) is 5.75 Å². The van der Waals surface area contributed by atoms with Crippen molar-refractivity contribution in [2.75, 3.05) is 36.5 Å². The maximum atomic E-state index is 13.7. The second-order valence-electron chi connectivity index (χ2n) is 11.1. The summed E-state index contributed by atoms with van der Waals surface area (Å²) in [7, 11) is 1.68. The number of methoxy groups -OCH3 is 1. The number of piperidine rings is 1. The topological polar surface area (TPSA) is 62.3 Å². The Balaban J connectivity index is 1.28. The number of hydrogen-bond acceptors (Lipinski definition) is 5. The molecule has 1 atom stereocenters. The molecule has 3 aliphatic rings. The molecule has 192 valence electrons. The van der Waals surface area contributed by atoms with E-state index in [1.54, 1.807) is 7.11 Å². The third-order valence-electron chi connectivity index (χ3n) is 7.99. The number of likely N-dealkylation sites (tertiary alicyclic amines) is 1. The van der Waals surface area contributed by atoms with Crippen LogP contribution in [0.1, 0.15) is 62.6 Å². The van der Waals surface area contributed by atoms with Gasteiger partial charge in [-0.05, 0) is 75.8 Å². The summed E-state index contributed by atoms with van der Waals surface area (Å²) in [5.74, 6) is 1.29. The van der Waals surface area contributed by atoms with Crippen molar-refractivity contribution < 1.29 is 19.1 Å². The molecule has 1 unspecified atom stereocenters. The van der Waals surface area contributed by atoms with Crippen LogP contribution in [0.15, 0.2) is 36.4 Å². The number of fused-ring (bicyclic) bond motifs is 2. The van der Waals surface area contributed by atoms with Gasteiger partial charge in [0.1, 0.15) is 12.4 Å². The van der Waals surface area contributed by atoms with E-state index in [1.807, 2.05) is 34.1 Å². The minimum absolute atomic E-state index is 0.0751. The van der Waals surface area contributed by atoms with Crippen molar-refractivity contribution in [2.24, 2.45) is 0 Å². The molecule has 2 aromatic carbocycles. The van der Waals surface area contributed by atoms with Crippen LogP contribution in [-0.4, -0.2) is 55.2 Å². The summed E-state index contributed by atoms with van der Waals surface area (Å²) in [5.41, 5.74) is 5.07. The first-order chi connectivity index (χ1) is 17.2. The Morgan fingerprint density at radius 2 is 1.83 bits per heavy atom. The average Bonchev–Trinajstić information content (AvgIpc) is 2.84. The molecule has 0 radical (unpaired) electrons. The highest BCUT2D eigenvalue weighted by molar-refractivity contribution is 5.97. The largest absolute Gasteiger partial charge is 0.497 e. The molecule has 1 saturated heterocycles. The summed E-state index contributed by atoms with van der Waals surface area (Å²) in [6, 6.07) is 12.3. The lowest BCUT2D eigenvalue weighted by molar-refractivity contribution is -0.121. The summed E-state index contributed by atoms with van der Waals surface area (Å²) in [5, 5.41) is 0. The molecule has 2 aromatic rings. The van der Waals surface area contributed by atoms with E-state index in [4.69, 9.17) is 9.47 Å². The van der Waals surface area contributed by atoms with E-state index in [2.05, 4.69) is 44.7 Å². The molecule has 0 aliphatic carbocycles. The smallest absolute Gasteiger partial charge is 0.414 e. The lowest BCUT2D eigenvalue weighted by atomic mass is 9.80. The maximum absolute atomic E-state index is 13.7. The van der Waals surface area contributed by atoms with Gasteiger partial charge in [-0.3, -0.25) is 14.6 Å². The van der Waals surface area contributed by atoms with E-state index < -0.39 is 0 Å². The van der Waals surface area contributed by atoms with E-state index >= 15 is 0 Å². The predicted molar refractivity (Wildman–Crippen MR) is 141 cm³/mol. The zero-order valence-corrected chi connectivity index (χ0v) is 22.0. The van der Waals surface area contributed by atoms with Crippen molar-refractivity contribution in [1.82, 2.24) is 4.90 Å².